The predicted molar refractivity (Wildman–Crippen MR) is 113 cm³/mol. The third-order valence-corrected chi connectivity index (χ3v) is 5.44. The Morgan fingerprint density at radius 2 is 1.79 bits per heavy atom. The van der Waals surface area contributed by atoms with Crippen molar-refractivity contribution in [1.82, 2.24) is 5.32 Å². The molecule has 168 valence electrons. The summed E-state index contributed by atoms with van der Waals surface area (Å²) in [6.07, 6.45) is 0. The molecule has 0 radical (unpaired) electrons. The molecule has 3 aromatic rings. The van der Waals surface area contributed by atoms with Gasteiger partial charge in [-0.3, -0.25) is 4.79 Å². The number of hydrogen-bond donors (Lipinski definition) is 3. The molecule has 2 aliphatic heterocycles. The number of carbonyl (C=O) groups is 2. The van der Waals surface area contributed by atoms with Crippen LogP contribution in [0.15, 0.2) is 60.7 Å². The van der Waals surface area contributed by atoms with Crippen LogP contribution in [0, 0.1) is 11.6 Å². The van der Waals surface area contributed by atoms with E-state index in [4.69, 9.17) is 9.47 Å². The molecule has 2 heterocycles. The van der Waals surface area contributed by atoms with E-state index in [9.17, 15) is 23.5 Å². The number of amides is 3. The smallest absolute Gasteiger partial charge is 0.329 e. The minimum atomic E-state index is -2.74. The van der Waals surface area contributed by atoms with Crippen molar-refractivity contribution < 1.29 is 33.0 Å². The molecular formula is C23H17F2N3O5. The summed E-state index contributed by atoms with van der Waals surface area (Å²) >= 11 is 0. The van der Waals surface area contributed by atoms with Crippen LogP contribution in [0.2, 0.25) is 0 Å². The van der Waals surface area contributed by atoms with Crippen molar-refractivity contribution in [1.29, 1.82) is 0 Å². The van der Waals surface area contributed by atoms with Gasteiger partial charge >= 0.3 is 6.03 Å². The highest BCUT2D eigenvalue weighted by molar-refractivity contribution is 6.12. The summed E-state index contributed by atoms with van der Waals surface area (Å²) in [6, 6.07) is 12.9. The number of anilines is 2. The topological polar surface area (TPSA) is 100 Å². The number of halogens is 2. The molecule has 2 aliphatic rings. The van der Waals surface area contributed by atoms with Crippen LogP contribution in [0.4, 0.5) is 25.0 Å². The fourth-order valence-electron chi connectivity index (χ4n) is 3.88. The lowest BCUT2D eigenvalue weighted by molar-refractivity contribution is -0.140. The first-order chi connectivity index (χ1) is 15.9. The Bertz CT molecular complexity index is 1260. The fourth-order valence-corrected chi connectivity index (χ4v) is 3.88. The third-order valence-electron chi connectivity index (χ3n) is 5.44. The Morgan fingerprint density at radius 1 is 1.06 bits per heavy atom. The summed E-state index contributed by atoms with van der Waals surface area (Å²) in [7, 11) is 0. The number of fused-ring (bicyclic) bond motifs is 2. The molecule has 0 fully saturated rings. The van der Waals surface area contributed by atoms with Crippen LogP contribution in [0.25, 0.3) is 0 Å². The maximum atomic E-state index is 14.6. The molecule has 1 atom stereocenters. The van der Waals surface area contributed by atoms with Gasteiger partial charge in [0, 0.05) is 12.1 Å². The van der Waals surface area contributed by atoms with Gasteiger partial charge < -0.3 is 25.2 Å². The number of nitrogens with one attached hydrogen (secondary N) is 2. The summed E-state index contributed by atoms with van der Waals surface area (Å²) in [5.74, 6) is -2.23. The average Bonchev–Trinajstić information content (AvgIpc) is 3.27. The highest BCUT2D eigenvalue weighted by atomic mass is 19.1. The number of ether oxygens (including phenoxy) is 2. The van der Waals surface area contributed by atoms with E-state index < -0.39 is 35.0 Å². The quantitative estimate of drug-likeness (QED) is 0.564. The molecule has 0 spiro atoms. The largest absolute Gasteiger partial charge is 0.454 e. The van der Waals surface area contributed by atoms with E-state index in [2.05, 4.69) is 10.6 Å². The molecule has 3 amide bonds. The molecule has 3 aromatic carbocycles. The summed E-state index contributed by atoms with van der Waals surface area (Å²) in [6.45, 7) is 0.0229. The van der Waals surface area contributed by atoms with Crippen molar-refractivity contribution in [3.8, 4) is 11.5 Å². The summed E-state index contributed by atoms with van der Waals surface area (Å²) < 4.78 is 39.8. The van der Waals surface area contributed by atoms with Gasteiger partial charge in [-0.25, -0.2) is 18.5 Å². The van der Waals surface area contributed by atoms with E-state index in [-0.39, 0.29) is 24.6 Å². The van der Waals surface area contributed by atoms with Gasteiger partial charge in [0.05, 0.1) is 5.69 Å². The SMILES string of the molecule is O=C1Nc2ccccc2[C@](O)(C(=O)NCc2ccc3c(c2)OCO3)N1c1c(F)cccc1F. The van der Waals surface area contributed by atoms with Gasteiger partial charge in [0.25, 0.3) is 11.6 Å². The molecule has 0 saturated heterocycles. The Morgan fingerprint density at radius 3 is 2.58 bits per heavy atom. The lowest BCUT2D eigenvalue weighted by atomic mass is 9.94. The summed E-state index contributed by atoms with van der Waals surface area (Å²) in [4.78, 5) is 26.6. The van der Waals surface area contributed by atoms with Crippen LogP contribution in [0.3, 0.4) is 0 Å². The molecule has 5 rings (SSSR count). The first-order valence-corrected chi connectivity index (χ1v) is 9.93. The van der Waals surface area contributed by atoms with Gasteiger partial charge in [0.15, 0.2) is 11.5 Å². The molecule has 3 N–H and O–H groups in total. The van der Waals surface area contributed by atoms with Crippen molar-refractivity contribution in [2.75, 3.05) is 17.0 Å². The minimum Gasteiger partial charge on any atom is -0.454 e. The maximum Gasteiger partial charge on any atom is 0.329 e. The van der Waals surface area contributed by atoms with Crippen LogP contribution < -0.4 is 25.0 Å². The van der Waals surface area contributed by atoms with Crippen LogP contribution in [-0.4, -0.2) is 23.8 Å². The number of nitrogens with zero attached hydrogens (tertiary/aromatic N) is 1. The van der Waals surface area contributed by atoms with Gasteiger partial charge in [-0.05, 0) is 35.9 Å². The number of carbonyl (C=O) groups excluding carboxylic acids is 2. The zero-order valence-corrected chi connectivity index (χ0v) is 17.0. The fraction of sp³-hybridized carbons (Fsp3) is 0.130. The molecule has 0 bridgehead atoms. The molecule has 0 saturated carbocycles. The predicted octanol–water partition coefficient (Wildman–Crippen LogP) is 3.21. The monoisotopic (exact) mass is 453 g/mol. The average molecular weight is 453 g/mol. The number of aliphatic hydroxyl groups is 1. The second-order valence-electron chi connectivity index (χ2n) is 7.42. The zero-order valence-electron chi connectivity index (χ0n) is 17.0. The molecule has 33 heavy (non-hydrogen) atoms. The summed E-state index contributed by atoms with van der Waals surface area (Å²) in [5, 5.41) is 16.6. The lowest BCUT2D eigenvalue weighted by Gasteiger charge is -2.42. The Labute approximate surface area is 186 Å². The highest BCUT2D eigenvalue weighted by Gasteiger charge is 2.53. The molecular weight excluding hydrogens is 436 g/mol. The first kappa shape index (κ1) is 20.7. The number of urea groups is 1. The normalized spacial score (nSPS) is 18.5. The minimum absolute atomic E-state index is 0.0459. The van der Waals surface area contributed by atoms with Gasteiger partial charge in [0.1, 0.15) is 17.3 Å². The van der Waals surface area contributed by atoms with Crippen molar-refractivity contribution in [3.05, 3.63) is 83.4 Å². The van der Waals surface area contributed by atoms with Crippen molar-refractivity contribution in [2.45, 2.75) is 12.3 Å². The molecule has 0 aromatic heterocycles. The van der Waals surface area contributed by atoms with Gasteiger partial charge in [-0.15, -0.1) is 0 Å². The van der Waals surface area contributed by atoms with E-state index in [1.807, 2.05) is 0 Å². The third kappa shape index (κ3) is 3.31. The van der Waals surface area contributed by atoms with Crippen LogP contribution in [-0.2, 0) is 17.1 Å². The number of hydrogen-bond acceptors (Lipinski definition) is 5. The van der Waals surface area contributed by atoms with Gasteiger partial charge in [0.2, 0.25) is 6.79 Å². The van der Waals surface area contributed by atoms with E-state index >= 15 is 0 Å². The van der Waals surface area contributed by atoms with Crippen molar-refractivity contribution in [2.24, 2.45) is 0 Å². The van der Waals surface area contributed by atoms with Crippen LogP contribution >= 0.6 is 0 Å². The number of para-hydroxylation sites is 2. The molecule has 10 heteroatoms. The van der Waals surface area contributed by atoms with Gasteiger partial charge in [-0.2, -0.15) is 0 Å². The van der Waals surface area contributed by atoms with E-state index in [1.165, 1.54) is 18.2 Å². The molecule has 0 aliphatic carbocycles. The maximum absolute atomic E-state index is 14.6. The Kier molecular flexibility index (Phi) is 4.86. The van der Waals surface area contributed by atoms with Crippen LogP contribution in [0.1, 0.15) is 11.1 Å². The molecule has 8 nitrogen and oxygen atoms in total. The number of rotatable bonds is 4. The van der Waals surface area contributed by atoms with Gasteiger partial charge in [-0.1, -0.05) is 30.3 Å². The number of benzene rings is 3. The standard InChI is InChI=1S/C23H17F2N3O5/c24-15-5-3-6-16(25)20(15)28-22(30)27-17-7-2-1-4-14(17)23(28,31)21(29)26-11-13-8-9-18-19(10-13)33-12-32-18/h1-10,31H,11-12H2,(H,26,29)(H,27,30)/t23-/m0/s1. The summed E-state index contributed by atoms with van der Waals surface area (Å²) in [5.41, 5.74) is -2.89. The second kappa shape index (κ2) is 7.75. The van der Waals surface area contributed by atoms with E-state index in [1.54, 1.807) is 24.3 Å². The molecule has 0 unspecified atom stereocenters. The van der Waals surface area contributed by atoms with Crippen molar-refractivity contribution >= 4 is 23.3 Å². The van der Waals surface area contributed by atoms with Crippen LogP contribution in [0.5, 0.6) is 11.5 Å². The van der Waals surface area contributed by atoms with E-state index in [0.29, 0.717) is 22.0 Å². The lowest BCUT2D eigenvalue weighted by Crippen LogP contribution is -2.62. The Hall–Kier alpha value is -4.18. The van der Waals surface area contributed by atoms with Crippen molar-refractivity contribution in [3.63, 3.8) is 0 Å². The highest BCUT2D eigenvalue weighted by Crippen LogP contribution is 2.41. The second-order valence-corrected chi connectivity index (χ2v) is 7.42. The first-order valence-electron chi connectivity index (χ1n) is 9.93. The van der Waals surface area contributed by atoms with E-state index in [0.717, 1.165) is 18.2 Å². The zero-order chi connectivity index (χ0) is 23.2. The Balaban J connectivity index is 1.54.